The largest absolute Gasteiger partial charge is 0.508 e. The first-order valence-corrected chi connectivity index (χ1v) is 19.5. The number of carboxylic acids is 2. The number of nitrogens with one attached hydrogen (secondary N) is 6. The molecule has 0 aliphatic rings. The quantitative estimate of drug-likeness (QED) is 0.0256. The van der Waals surface area contributed by atoms with Crippen LogP contribution in [0.2, 0.25) is 0 Å². The van der Waals surface area contributed by atoms with Crippen molar-refractivity contribution in [2.24, 2.45) is 28.1 Å². The summed E-state index contributed by atoms with van der Waals surface area (Å²) in [6, 6.07) is -2.36. The molecule has 318 valence electrons. The summed E-state index contributed by atoms with van der Waals surface area (Å²) < 4.78 is 0. The molecule has 0 unspecified atom stereocenters. The van der Waals surface area contributed by atoms with Gasteiger partial charge in [0.2, 0.25) is 35.4 Å². The predicted octanol–water partition coefficient (Wildman–Crippen LogP) is -2.77. The number of hydrogen-bond donors (Lipinski definition) is 12. The summed E-state index contributed by atoms with van der Waals surface area (Å²) in [5.74, 6) is -8.16. The molecule has 1 aromatic rings. The Labute approximate surface area is 334 Å². The second-order valence-corrected chi connectivity index (χ2v) is 14.2. The molecule has 1 aromatic carbocycles. The van der Waals surface area contributed by atoms with Gasteiger partial charge in [-0.3, -0.25) is 43.3 Å². The Hall–Kier alpha value is -5.64. The second-order valence-electron chi connectivity index (χ2n) is 13.2. The summed E-state index contributed by atoms with van der Waals surface area (Å²) in [7, 11) is 0. The Balaban J connectivity index is 3.42. The lowest BCUT2D eigenvalue weighted by molar-refractivity contribution is -0.141. The number of aliphatic carboxylic acids is 2. The topological polar surface area (TPSA) is 360 Å². The van der Waals surface area contributed by atoms with Crippen molar-refractivity contribution < 1.29 is 53.7 Å². The first-order chi connectivity index (χ1) is 26.8. The molecule has 57 heavy (non-hydrogen) atoms. The van der Waals surface area contributed by atoms with Crippen molar-refractivity contribution in [1.29, 1.82) is 0 Å². The molecule has 1 rings (SSSR count). The van der Waals surface area contributed by atoms with E-state index >= 15 is 0 Å². The fraction of sp³-hybridized carbons (Fsp3) is 0.571. The summed E-state index contributed by atoms with van der Waals surface area (Å²) in [5, 5.41) is 42.7. The molecule has 0 saturated heterocycles. The fourth-order valence-electron chi connectivity index (χ4n) is 5.03. The third-order valence-corrected chi connectivity index (χ3v) is 9.21. The van der Waals surface area contributed by atoms with Gasteiger partial charge in [0.1, 0.15) is 42.5 Å². The van der Waals surface area contributed by atoms with Gasteiger partial charge in [-0.05, 0) is 61.8 Å². The van der Waals surface area contributed by atoms with Crippen molar-refractivity contribution in [2.75, 3.05) is 25.1 Å². The minimum atomic E-state index is -1.78. The normalized spacial score (nSPS) is 14.5. The molecular weight excluding hydrogens is 769 g/mol. The molecule has 0 aliphatic heterocycles. The van der Waals surface area contributed by atoms with Gasteiger partial charge in [0.05, 0.1) is 12.5 Å². The van der Waals surface area contributed by atoms with Crippen LogP contribution in [-0.2, 0) is 44.8 Å². The zero-order valence-electron chi connectivity index (χ0n) is 32.4. The number of guanidine groups is 1. The van der Waals surface area contributed by atoms with E-state index in [1.54, 1.807) is 13.2 Å². The lowest BCUT2D eigenvalue weighted by Gasteiger charge is -2.27. The van der Waals surface area contributed by atoms with Crippen molar-refractivity contribution in [3.63, 3.8) is 0 Å². The number of aliphatic imine (C=N–C) groups is 1. The first kappa shape index (κ1) is 49.4. The lowest BCUT2D eigenvalue weighted by atomic mass is 9.98. The number of phenolic OH excluding ortho intramolecular Hbond substituents is 1. The summed E-state index contributed by atoms with van der Waals surface area (Å²) in [6.07, 6.45) is 1.39. The number of amides is 6. The Bertz CT molecular complexity index is 1580. The van der Waals surface area contributed by atoms with Crippen LogP contribution in [0.25, 0.3) is 0 Å². The summed E-state index contributed by atoms with van der Waals surface area (Å²) in [5.41, 5.74) is 17.4. The number of phenols is 1. The molecule has 0 radical (unpaired) electrons. The average molecular weight is 825 g/mol. The van der Waals surface area contributed by atoms with Crippen LogP contribution in [0, 0.1) is 5.92 Å². The van der Waals surface area contributed by atoms with Crippen molar-refractivity contribution in [3.8, 4) is 5.75 Å². The molecule has 0 aliphatic carbocycles. The third-order valence-electron chi connectivity index (χ3n) is 8.57. The zero-order chi connectivity index (χ0) is 43.2. The molecule has 0 bridgehead atoms. The van der Waals surface area contributed by atoms with Gasteiger partial charge in [0.15, 0.2) is 5.96 Å². The van der Waals surface area contributed by atoms with Crippen LogP contribution in [0.1, 0.15) is 58.4 Å². The van der Waals surface area contributed by atoms with Gasteiger partial charge in [0, 0.05) is 13.0 Å². The van der Waals surface area contributed by atoms with E-state index in [1.165, 1.54) is 43.0 Å². The van der Waals surface area contributed by atoms with Crippen LogP contribution in [0.4, 0.5) is 0 Å². The van der Waals surface area contributed by atoms with Crippen molar-refractivity contribution in [2.45, 2.75) is 95.5 Å². The molecule has 22 heteroatoms. The van der Waals surface area contributed by atoms with Crippen LogP contribution < -0.4 is 49.1 Å². The minimum Gasteiger partial charge on any atom is -0.508 e. The smallest absolute Gasteiger partial charge is 0.322 e. The number of thioether (sulfide) groups is 1. The highest BCUT2D eigenvalue weighted by Crippen LogP contribution is 2.13. The number of benzene rings is 1. The van der Waals surface area contributed by atoms with E-state index in [0.29, 0.717) is 17.7 Å². The molecule has 0 heterocycles. The number of carbonyl (C=O) groups is 8. The van der Waals surface area contributed by atoms with Crippen LogP contribution in [0.15, 0.2) is 29.3 Å². The van der Waals surface area contributed by atoms with Gasteiger partial charge in [-0.25, -0.2) is 0 Å². The highest BCUT2D eigenvalue weighted by atomic mass is 32.2. The highest BCUT2D eigenvalue weighted by Gasteiger charge is 2.34. The molecular formula is C35H56N10O11S. The first-order valence-electron chi connectivity index (χ1n) is 18.1. The van der Waals surface area contributed by atoms with Crippen LogP contribution in [0.3, 0.4) is 0 Å². The summed E-state index contributed by atoms with van der Waals surface area (Å²) >= 11 is 1.32. The number of carbonyl (C=O) groups excluding carboxylic acids is 6. The van der Waals surface area contributed by atoms with E-state index in [0.717, 1.165) is 0 Å². The van der Waals surface area contributed by atoms with Crippen molar-refractivity contribution in [1.82, 2.24) is 31.9 Å². The summed E-state index contributed by atoms with van der Waals surface area (Å²) in [4.78, 5) is 106. The third kappa shape index (κ3) is 19.2. The van der Waals surface area contributed by atoms with Gasteiger partial charge in [-0.15, -0.1) is 0 Å². The number of aromatic hydroxyl groups is 1. The fourth-order valence-corrected chi connectivity index (χ4v) is 5.50. The average Bonchev–Trinajstić information content (AvgIpc) is 3.15. The number of carboxylic acid groups (broad SMARTS) is 2. The van der Waals surface area contributed by atoms with Gasteiger partial charge in [-0.2, -0.15) is 11.8 Å². The molecule has 0 saturated carbocycles. The maximum absolute atomic E-state index is 13.9. The Morgan fingerprint density at radius 2 is 1.26 bits per heavy atom. The Kier molecular flexibility index (Phi) is 22.1. The van der Waals surface area contributed by atoms with Crippen LogP contribution in [-0.4, -0.2) is 130 Å². The van der Waals surface area contributed by atoms with E-state index in [1.807, 2.05) is 6.92 Å². The second kappa shape index (κ2) is 25.5. The van der Waals surface area contributed by atoms with Crippen molar-refractivity contribution >= 4 is 65.1 Å². The van der Waals surface area contributed by atoms with E-state index in [4.69, 9.17) is 22.3 Å². The molecule has 0 spiro atoms. The van der Waals surface area contributed by atoms with Gasteiger partial charge in [0.25, 0.3) is 0 Å². The number of nitrogens with zero attached hydrogens (tertiary/aromatic N) is 1. The zero-order valence-corrected chi connectivity index (χ0v) is 33.2. The van der Waals surface area contributed by atoms with Crippen LogP contribution in [0.5, 0.6) is 5.75 Å². The number of nitrogens with two attached hydrogens (primary N) is 3. The molecule has 0 fully saturated rings. The maximum Gasteiger partial charge on any atom is 0.322 e. The number of rotatable bonds is 26. The SMILES string of the molecule is CC[C@H](C)[C@H](N)C(=O)N[C@@H](CCCN=C(N)N)C(=O)N[C@@H](Cc1ccc(O)cc1)C(=O)N[C@@H](CC(=O)O)C(=O)N[C@@H](CCSC)C(=O)N[C@@H](C)C(=O)NCC(=O)O. The lowest BCUT2D eigenvalue weighted by Crippen LogP contribution is -2.60. The number of hydrogen-bond acceptors (Lipinski definition) is 12. The molecule has 0 aromatic heterocycles. The van der Waals surface area contributed by atoms with E-state index in [-0.39, 0.29) is 49.9 Å². The van der Waals surface area contributed by atoms with E-state index in [2.05, 4.69) is 36.9 Å². The van der Waals surface area contributed by atoms with Gasteiger partial charge >= 0.3 is 11.9 Å². The monoisotopic (exact) mass is 824 g/mol. The molecule has 6 amide bonds. The minimum absolute atomic E-state index is 0.0124. The Morgan fingerprint density at radius 3 is 1.82 bits per heavy atom. The molecule has 15 N–H and O–H groups in total. The van der Waals surface area contributed by atoms with E-state index < -0.39 is 96.6 Å². The Morgan fingerprint density at radius 1 is 0.737 bits per heavy atom. The van der Waals surface area contributed by atoms with Gasteiger partial charge in [-0.1, -0.05) is 32.4 Å². The molecule has 21 nitrogen and oxygen atoms in total. The maximum atomic E-state index is 13.9. The summed E-state index contributed by atoms with van der Waals surface area (Å²) in [6.45, 7) is 4.31. The predicted molar refractivity (Wildman–Crippen MR) is 210 cm³/mol. The van der Waals surface area contributed by atoms with Crippen molar-refractivity contribution in [3.05, 3.63) is 29.8 Å². The van der Waals surface area contributed by atoms with Crippen LogP contribution >= 0.6 is 11.8 Å². The van der Waals surface area contributed by atoms with E-state index in [9.17, 15) is 48.6 Å². The molecule has 7 atom stereocenters. The highest BCUT2D eigenvalue weighted by molar-refractivity contribution is 7.98. The van der Waals surface area contributed by atoms with Gasteiger partial charge < -0.3 is 64.4 Å². The standard InChI is InChI=1S/C35H56N10O11S/c1-5-18(2)28(36)34(56)43-22(7-6-13-39-35(37)38)31(53)44-24(15-20-8-10-21(46)11-9-20)32(54)45-25(16-26(47)48)33(55)42-23(12-14-57-4)30(52)41-19(3)29(51)40-17-27(49)50/h8-11,18-19,22-25,28,46H,5-7,12-17,36H2,1-4H3,(H,40,51)(H,41,52)(H,42,55)(H,43,56)(H,44,53)(H,45,54)(H,47,48)(H,49,50)(H4,37,38,39)/t18-,19-,22-,23-,24-,25-,28-/m0/s1.